The van der Waals surface area contributed by atoms with E-state index in [1.165, 1.54) is 6.92 Å². The van der Waals surface area contributed by atoms with Crippen molar-refractivity contribution < 1.29 is 9.59 Å². The highest BCUT2D eigenvalue weighted by molar-refractivity contribution is 6.07. The van der Waals surface area contributed by atoms with E-state index >= 15 is 0 Å². The van der Waals surface area contributed by atoms with Gasteiger partial charge in [-0.1, -0.05) is 13.3 Å². The van der Waals surface area contributed by atoms with Crippen LogP contribution in [-0.2, 0) is 13.0 Å². The second-order valence-corrected chi connectivity index (χ2v) is 6.63. The maximum Gasteiger partial charge on any atom is 0.272 e. The van der Waals surface area contributed by atoms with Gasteiger partial charge in [0, 0.05) is 22.5 Å². The highest BCUT2D eigenvalue weighted by Crippen LogP contribution is 2.23. The number of amides is 1. The van der Waals surface area contributed by atoms with E-state index in [-0.39, 0.29) is 24.1 Å². The maximum absolute atomic E-state index is 12.8. The first-order valence-corrected chi connectivity index (χ1v) is 9.20. The van der Waals surface area contributed by atoms with Gasteiger partial charge in [-0.25, -0.2) is 4.98 Å². The van der Waals surface area contributed by atoms with Gasteiger partial charge in [-0.15, -0.1) is 12.4 Å². The molecule has 0 aliphatic heterocycles. The Morgan fingerprint density at radius 1 is 1.21 bits per heavy atom. The van der Waals surface area contributed by atoms with Crippen LogP contribution < -0.4 is 11.1 Å². The molecule has 0 saturated carbocycles. The smallest absolute Gasteiger partial charge is 0.272 e. The van der Waals surface area contributed by atoms with Gasteiger partial charge >= 0.3 is 0 Å². The predicted molar refractivity (Wildman–Crippen MR) is 114 cm³/mol. The predicted octanol–water partition coefficient (Wildman–Crippen LogP) is 3.40. The lowest BCUT2D eigenvalue weighted by Crippen LogP contribution is -2.15. The molecular weight excluding hydrogens is 392 g/mol. The first kappa shape index (κ1) is 22.3. The molecular formula is C20H25ClN6O2. The van der Waals surface area contributed by atoms with Crippen LogP contribution in [0.5, 0.6) is 0 Å². The summed E-state index contributed by atoms with van der Waals surface area (Å²) in [6, 6.07) is 7.22. The fourth-order valence-electron chi connectivity index (χ4n) is 3.26. The SMILES string of the molecule is CCCc1c(C(=O)Nc2ccc(-c3n[nH]c(CN)n3)cc2)[nH]c(C)c1C(C)=O.Cl. The second kappa shape index (κ2) is 9.49. The number of aromatic nitrogens is 4. The van der Waals surface area contributed by atoms with Crippen LogP contribution in [0.25, 0.3) is 11.4 Å². The van der Waals surface area contributed by atoms with Crippen LogP contribution in [0.2, 0.25) is 0 Å². The maximum atomic E-state index is 12.8. The van der Waals surface area contributed by atoms with Crippen molar-refractivity contribution in [2.24, 2.45) is 5.73 Å². The van der Waals surface area contributed by atoms with Gasteiger partial charge in [-0.2, -0.15) is 5.10 Å². The molecule has 0 saturated heterocycles. The lowest BCUT2D eigenvalue weighted by atomic mass is 10.0. The summed E-state index contributed by atoms with van der Waals surface area (Å²) in [6.07, 6.45) is 1.50. The Bertz CT molecular complexity index is 1010. The van der Waals surface area contributed by atoms with E-state index in [1.54, 1.807) is 12.1 Å². The molecule has 9 heteroatoms. The van der Waals surface area contributed by atoms with E-state index in [2.05, 4.69) is 25.5 Å². The molecule has 0 radical (unpaired) electrons. The summed E-state index contributed by atoms with van der Waals surface area (Å²) in [5.74, 6) is 0.855. The van der Waals surface area contributed by atoms with Crippen LogP contribution in [0.1, 0.15) is 58.2 Å². The molecule has 1 aromatic carbocycles. The van der Waals surface area contributed by atoms with E-state index < -0.39 is 0 Å². The molecule has 0 aliphatic carbocycles. The zero-order valence-electron chi connectivity index (χ0n) is 16.6. The van der Waals surface area contributed by atoms with Crippen molar-refractivity contribution in [3.63, 3.8) is 0 Å². The Kier molecular flexibility index (Phi) is 7.30. The number of Topliss-reactive ketones (excluding diaryl/α,β-unsaturated/α-hetero) is 1. The van der Waals surface area contributed by atoms with Crippen LogP contribution in [-0.4, -0.2) is 31.9 Å². The molecule has 3 aromatic rings. The minimum absolute atomic E-state index is 0. The van der Waals surface area contributed by atoms with Crippen molar-refractivity contribution in [3.05, 3.63) is 52.6 Å². The number of ketones is 1. The number of hydrogen-bond donors (Lipinski definition) is 4. The summed E-state index contributed by atoms with van der Waals surface area (Å²) in [5.41, 5.74) is 9.54. The summed E-state index contributed by atoms with van der Waals surface area (Å²) < 4.78 is 0. The van der Waals surface area contributed by atoms with Crippen molar-refractivity contribution in [1.29, 1.82) is 0 Å². The van der Waals surface area contributed by atoms with Gasteiger partial charge in [0.15, 0.2) is 11.6 Å². The first-order valence-electron chi connectivity index (χ1n) is 9.20. The number of nitrogens with one attached hydrogen (secondary N) is 3. The van der Waals surface area contributed by atoms with Gasteiger partial charge in [-0.05, 0) is 50.1 Å². The number of rotatable bonds is 7. The van der Waals surface area contributed by atoms with E-state index in [0.29, 0.717) is 41.6 Å². The van der Waals surface area contributed by atoms with Crippen molar-refractivity contribution in [2.75, 3.05) is 5.32 Å². The molecule has 29 heavy (non-hydrogen) atoms. The fourth-order valence-corrected chi connectivity index (χ4v) is 3.26. The number of nitrogens with zero attached hydrogens (tertiary/aromatic N) is 2. The van der Waals surface area contributed by atoms with Gasteiger partial charge in [0.25, 0.3) is 5.91 Å². The Morgan fingerprint density at radius 2 is 1.90 bits per heavy atom. The molecule has 2 aromatic heterocycles. The van der Waals surface area contributed by atoms with Crippen molar-refractivity contribution in [1.82, 2.24) is 20.2 Å². The average molecular weight is 417 g/mol. The highest BCUT2D eigenvalue weighted by Gasteiger charge is 2.22. The van der Waals surface area contributed by atoms with Gasteiger partial charge in [0.2, 0.25) is 0 Å². The fraction of sp³-hybridized carbons (Fsp3) is 0.300. The van der Waals surface area contributed by atoms with E-state index in [4.69, 9.17) is 5.73 Å². The third kappa shape index (κ3) is 4.72. The molecule has 5 N–H and O–H groups in total. The van der Waals surface area contributed by atoms with Crippen molar-refractivity contribution in [2.45, 2.75) is 40.2 Å². The third-order valence-electron chi connectivity index (χ3n) is 4.50. The highest BCUT2D eigenvalue weighted by atomic mass is 35.5. The molecule has 0 fully saturated rings. The first-order chi connectivity index (χ1) is 13.4. The van der Waals surface area contributed by atoms with Gasteiger partial charge in [0.1, 0.15) is 11.5 Å². The minimum atomic E-state index is -0.268. The number of hydrogen-bond acceptors (Lipinski definition) is 5. The number of aromatic amines is 2. The van der Waals surface area contributed by atoms with Gasteiger partial charge in [0.05, 0.1) is 6.54 Å². The lowest BCUT2D eigenvalue weighted by Gasteiger charge is -2.07. The number of halogens is 1. The number of carbonyl (C=O) groups excluding carboxylic acids is 2. The summed E-state index contributed by atoms with van der Waals surface area (Å²) in [5, 5.41) is 9.77. The number of benzene rings is 1. The summed E-state index contributed by atoms with van der Waals surface area (Å²) in [7, 11) is 0. The number of aryl methyl sites for hydroxylation is 1. The molecule has 8 nitrogen and oxygen atoms in total. The number of H-pyrrole nitrogens is 2. The third-order valence-corrected chi connectivity index (χ3v) is 4.50. The van der Waals surface area contributed by atoms with Gasteiger partial charge in [-0.3, -0.25) is 14.7 Å². The number of nitrogens with two attached hydrogens (primary N) is 1. The lowest BCUT2D eigenvalue weighted by molar-refractivity contribution is 0.101. The quantitative estimate of drug-likeness (QED) is 0.438. The van der Waals surface area contributed by atoms with E-state index in [9.17, 15) is 9.59 Å². The molecule has 0 atom stereocenters. The van der Waals surface area contributed by atoms with E-state index in [1.807, 2.05) is 26.0 Å². The topological polar surface area (TPSA) is 130 Å². The second-order valence-electron chi connectivity index (χ2n) is 6.63. The van der Waals surface area contributed by atoms with Crippen LogP contribution in [0.4, 0.5) is 5.69 Å². The molecule has 3 rings (SSSR count). The average Bonchev–Trinajstić information content (AvgIpc) is 3.27. The minimum Gasteiger partial charge on any atom is -0.354 e. The normalized spacial score (nSPS) is 10.5. The summed E-state index contributed by atoms with van der Waals surface area (Å²) >= 11 is 0. The summed E-state index contributed by atoms with van der Waals surface area (Å²) in [4.78, 5) is 32.1. The molecule has 0 spiro atoms. The standard InChI is InChI=1S/C20H24N6O2.ClH/c1-4-5-15-17(12(3)27)11(2)22-18(15)20(28)23-14-8-6-13(7-9-14)19-24-16(10-21)25-26-19;/h6-9,22H,4-5,10,21H2,1-3H3,(H,23,28)(H,24,25,26);1H. The number of carbonyl (C=O) groups is 2. The Labute approximate surface area is 175 Å². The van der Waals surface area contributed by atoms with Crippen LogP contribution >= 0.6 is 12.4 Å². The molecule has 0 aliphatic rings. The monoisotopic (exact) mass is 416 g/mol. The summed E-state index contributed by atoms with van der Waals surface area (Å²) in [6.45, 7) is 5.65. The van der Waals surface area contributed by atoms with E-state index in [0.717, 1.165) is 23.2 Å². The molecule has 154 valence electrons. The molecule has 0 unspecified atom stereocenters. The Hall–Kier alpha value is -2.97. The Morgan fingerprint density at radius 3 is 2.45 bits per heavy atom. The van der Waals surface area contributed by atoms with Crippen LogP contribution in [0, 0.1) is 6.92 Å². The zero-order chi connectivity index (χ0) is 20.3. The number of anilines is 1. The van der Waals surface area contributed by atoms with Crippen LogP contribution in [0.3, 0.4) is 0 Å². The molecule has 0 bridgehead atoms. The molecule has 2 heterocycles. The van der Waals surface area contributed by atoms with Gasteiger partial charge < -0.3 is 16.0 Å². The Balaban J connectivity index is 0.00000300. The van der Waals surface area contributed by atoms with Crippen LogP contribution in [0.15, 0.2) is 24.3 Å². The zero-order valence-corrected chi connectivity index (χ0v) is 17.4. The largest absolute Gasteiger partial charge is 0.354 e. The molecule has 1 amide bonds. The van der Waals surface area contributed by atoms with Crippen molar-refractivity contribution >= 4 is 29.8 Å². The van der Waals surface area contributed by atoms with Crippen molar-refractivity contribution in [3.8, 4) is 11.4 Å².